The van der Waals surface area contributed by atoms with Crippen LogP contribution in [0, 0.1) is 0 Å². The van der Waals surface area contributed by atoms with Crippen LogP contribution in [0.5, 0.6) is 0 Å². The van der Waals surface area contributed by atoms with Crippen LogP contribution in [0.2, 0.25) is 0 Å². The molecule has 2 aromatic carbocycles. The molecule has 0 saturated carbocycles. The van der Waals surface area contributed by atoms with Gasteiger partial charge in [-0.2, -0.15) is 0 Å². The van der Waals surface area contributed by atoms with Gasteiger partial charge in [0.2, 0.25) is 0 Å². The molecule has 2 unspecified atom stereocenters. The summed E-state index contributed by atoms with van der Waals surface area (Å²) in [6.45, 7) is 6.39. The number of nitrogens with one attached hydrogen (secondary N) is 3. The first-order valence-corrected chi connectivity index (χ1v) is 14.2. The summed E-state index contributed by atoms with van der Waals surface area (Å²) in [5, 5.41) is 20.4. The highest BCUT2D eigenvalue weighted by Gasteiger charge is 2.28. The lowest BCUT2D eigenvalue weighted by Crippen LogP contribution is -2.48. The Morgan fingerprint density at radius 2 is 1.89 bits per heavy atom. The van der Waals surface area contributed by atoms with E-state index in [-0.39, 0.29) is 5.91 Å². The minimum atomic E-state index is -2.92. The fraction of sp³-hybridized carbons (Fsp3) is 0.500. The van der Waals surface area contributed by atoms with Crippen molar-refractivity contribution < 1.29 is 19.0 Å². The number of amides is 1. The summed E-state index contributed by atoms with van der Waals surface area (Å²) in [5.74, 6) is 0.0192. The van der Waals surface area contributed by atoms with E-state index < -0.39 is 22.9 Å². The molecule has 6 N–H and O–H groups in total. The van der Waals surface area contributed by atoms with Crippen LogP contribution in [0.4, 0.5) is 11.4 Å². The number of hydrogen-bond acceptors (Lipinski definition) is 7. The molecule has 8 nitrogen and oxygen atoms in total. The van der Waals surface area contributed by atoms with Crippen molar-refractivity contribution in [3.05, 3.63) is 59.7 Å². The molecule has 2 aromatic rings. The Morgan fingerprint density at radius 1 is 1.11 bits per heavy atom. The number of aliphatic hydroxyl groups excluding tert-OH is 1. The number of rotatable bonds is 12. The Balaban J connectivity index is 1.85. The summed E-state index contributed by atoms with van der Waals surface area (Å²) in [6.07, 6.45) is 2.31. The van der Waals surface area contributed by atoms with Gasteiger partial charge in [-0.05, 0) is 62.9 Å². The zero-order valence-corrected chi connectivity index (χ0v) is 21.6. The Hall–Kier alpha value is -2.30. The lowest BCUT2D eigenvalue weighted by molar-refractivity contribution is 0.0831. The molecule has 1 amide bonds. The van der Waals surface area contributed by atoms with Gasteiger partial charge in [-0.25, -0.2) is 0 Å². The molecule has 0 aromatic heterocycles. The summed E-state index contributed by atoms with van der Waals surface area (Å²) in [4.78, 5) is 13.4. The van der Waals surface area contributed by atoms with E-state index in [0.29, 0.717) is 43.1 Å². The molecule has 0 spiro atoms. The molecule has 3 rings (SSSR count). The Morgan fingerprint density at radius 3 is 2.57 bits per heavy atom. The molecule has 1 heterocycles. The standard InChI is InChI=1S/C26H40N4O4S/c1-3-12-27-19-25(31)24(15-20-10-6-5-7-11-20)29-26(32)21-16-22(28-4-2)18-23(17-21)30-13-8-9-14-35(30,33)34/h5-7,10-11,16-18,24-25,27-28,31,33-34H,3-4,8-9,12-15,19H2,1-2H3,(H,29,32). The van der Waals surface area contributed by atoms with Crippen LogP contribution in [-0.4, -0.2) is 64.2 Å². The summed E-state index contributed by atoms with van der Waals surface area (Å²) in [7, 11) is -2.92. The highest BCUT2D eigenvalue weighted by molar-refractivity contribution is 8.25. The molecule has 2 atom stereocenters. The number of anilines is 2. The van der Waals surface area contributed by atoms with Gasteiger partial charge < -0.3 is 21.1 Å². The van der Waals surface area contributed by atoms with Crippen molar-refractivity contribution in [1.82, 2.24) is 10.6 Å². The van der Waals surface area contributed by atoms with Crippen molar-refractivity contribution in [2.75, 3.05) is 41.6 Å². The van der Waals surface area contributed by atoms with Crippen LogP contribution in [-0.2, 0) is 6.42 Å². The fourth-order valence-electron chi connectivity index (χ4n) is 4.27. The van der Waals surface area contributed by atoms with Crippen LogP contribution >= 0.6 is 10.8 Å². The van der Waals surface area contributed by atoms with Gasteiger partial charge in [-0.3, -0.25) is 18.2 Å². The highest BCUT2D eigenvalue weighted by atomic mass is 32.3. The number of carbonyl (C=O) groups excluding carboxylic acids is 1. The number of nitrogens with zero attached hydrogens (tertiary/aromatic N) is 1. The van der Waals surface area contributed by atoms with Crippen molar-refractivity contribution in [3.8, 4) is 0 Å². The molecule has 194 valence electrons. The lowest BCUT2D eigenvalue weighted by Gasteiger charge is -2.47. The topological polar surface area (TPSA) is 117 Å². The van der Waals surface area contributed by atoms with Gasteiger partial charge in [0.15, 0.2) is 0 Å². The summed E-state index contributed by atoms with van der Waals surface area (Å²) < 4.78 is 22.9. The molecule has 1 fully saturated rings. The van der Waals surface area contributed by atoms with E-state index in [9.17, 15) is 19.0 Å². The summed E-state index contributed by atoms with van der Waals surface area (Å²) >= 11 is 0. The quantitative estimate of drug-likeness (QED) is 0.241. The van der Waals surface area contributed by atoms with Crippen LogP contribution in [0.15, 0.2) is 48.5 Å². The second kappa shape index (κ2) is 13.1. The van der Waals surface area contributed by atoms with Crippen LogP contribution in [0.3, 0.4) is 0 Å². The van der Waals surface area contributed by atoms with E-state index in [4.69, 9.17) is 0 Å². The Labute approximate surface area is 210 Å². The average Bonchev–Trinajstić information content (AvgIpc) is 2.84. The Bertz CT molecular complexity index is 944. The summed E-state index contributed by atoms with van der Waals surface area (Å²) in [6, 6.07) is 14.6. The van der Waals surface area contributed by atoms with Gasteiger partial charge in [0.25, 0.3) is 5.91 Å². The maximum absolute atomic E-state index is 13.4. The first-order valence-electron chi connectivity index (χ1n) is 12.5. The second-order valence-electron chi connectivity index (χ2n) is 8.99. The predicted molar refractivity (Wildman–Crippen MR) is 145 cm³/mol. The maximum Gasteiger partial charge on any atom is 0.251 e. The predicted octanol–water partition coefficient (Wildman–Crippen LogP) is 4.09. The number of aliphatic hydroxyl groups is 1. The van der Waals surface area contributed by atoms with Gasteiger partial charge in [0, 0.05) is 30.9 Å². The molecular formula is C26H40N4O4S. The molecular weight excluding hydrogens is 464 g/mol. The SMILES string of the molecule is CCCNCC(O)C(Cc1ccccc1)NC(=O)c1cc(NCC)cc(N2CCCCS2(O)O)c1. The minimum absolute atomic E-state index is 0.310. The van der Waals surface area contributed by atoms with Crippen LogP contribution in [0.1, 0.15) is 49.0 Å². The van der Waals surface area contributed by atoms with Crippen molar-refractivity contribution >= 4 is 28.1 Å². The fourth-order valence-corrected chi connectivity index (χ4v) is 5.95. The van der Waals surface area contributed by atoms with Crippen LogP contribution in [0.25, 0.3) is 0 Å². The molecule has 1 aliphatic rings. The first-order chi connectivity index (χ1) is 16.8. The first kappa shape index (κ1) is 27.3. The van der Waals surface area contributed by atoms with Crippen molar-refractivity contribution in [1.29, 1.82) is 0 Å². The molecule has 9 heteroatoms. The van der Waals surface area contributed by atoms with Gasteiger partial charge in [-0.1, -0.05) is 37.3 Å². The van der Waals surface area contributed by atoms with Gasteiger partial charge >= 0.3 is 0 Å². The molecule has 1 aliphatic heterocycles. The van der Waals surface area contributed by atoms with E-state index in [2.05, 4.69) is 22.9 Å². The van der Waals surface area contributed by atoms with E-state index in [1.54, 1.807) is 16.4 Å². The molecule has 0 bridgehead atoms. The largest absolute Gasteiger partial charge is 0.390 e. The molecule has 35 heavy (non-hydrogen) atoms. The third-order valence-electron chi connectivity index (χ3n) is 6.09. The number of hydrogen-bond donors (Lipinski definition) is 6. The van der Waals surface area contributed by atoms with E-state index >= 15 is 0 Å². The maximum atomic E-state index is 13.4. The third-order valence-corrected chi connectivity index (χ3v) is 8.03. The van der Waals surface area contributed by atoms with E-state index in [1.807, 2.05) is 43.3 Å². The zero-order chi connectivity index (χ0) is 25.3. The average molecular weight is 505 g/mol. The van der Waals surface area contributed by atoms with Crippen molar-refractivity contribution in [3.63, 3.8) is 0 Å². The number of benzene rings is 2. The monoisotopic (exact) mass is 504 g/mol. The zero-order valence-electron chi connectivity index (χ0n) is 20.7. The Kier molecular flexibility index (Phi) is 10.2. The second-order valence-corrected chi connectivity index (χ2v) is 11.1. The minimum Gasteiger partial charge on any atom is -0.390 e. The van der Waals surface area contributed by atoms with E-state index in [1.165, 1.54) is 0 Å². The highest BCUT2D eigenvalue weighted by Crippen LogP contribution is 2.50. The van der Waals surface area contributed by atoms with Gasteiger partial charge in [-0.15, -0.1) is 10.8 Å². The summed E-state index contributed by atoms with van der Waals surface area (Å²) in [5.41, 5.74) is 2.78. The van der Waals surface area contributed by atoms with E-state index in [0.717, 1.165) is 37.1 Å². The van der Waals surface area contributed by atoms with Gasteiger partial charge in [0.1, 0.15) is 0 Å². The van der Waals surface area contributed by atoms with Crippen molar-refractivity contribution in [2.24, 2.45) is 0 Å². The van der Waals surface area contributed by atoms with Crippen LogP contribution < -0.4 is 20.3 Å². The van der Waals surface area contributed by atoms with Crippen molar-refractivity contribution in [2.45, 2.75) is 51.7 Å². The molecule has 1 saturated heterocycles. The lowest BCUT2D eigenvalue weighted by atomic mass is 10.00. The normalized spacial score (nSPS) is 17.9. The molecule has 0 radical (unpaired) electrons. The smallest absolute Gasteiger partial charge is 0.251 e. The van der Waals surface area contributed by atoms with Gasteiger partial charge in [0.05, 0.1) is 23.6 Å². The number of carbonyl (C=O) groups is 1. The third kappa shape index (κ3) is 7.85. The molecule has 0 aliphatic carbocycles.